The van der Waals surface area contributed by atoms with Crippen molar-refractivity contribution in [3.63, 3.8) is 0 Å². The maximum atomic E-state index is 11.6. The molecule has 0 aliphatic carbocycles. The standard InChI is InChI=1S/C14H20N2O3/c1-2-15-14(19)11-6-5-7-12(10-11)16-13(18)8-3-4-9-17/h5-7,10,17H,2-4,8-9H2,1H3,(H,15,19)(H,16,18). The summed E-state index contributed by atoms with van der Waals surface area (Å²) in [5.41, 5.74) is 1.13. The van der Waals surface area contributed by atoms with Crippen LogP contribution in [0.2, 0.25) is 0 Å². The lowest BCUT2D eigenvalue weighted by Gasteiger charge is -2.07. The fraction of sp³-hybridized carbons (Fsp3) is 0.429. The number of unbranched alkanes of at least 4 members (excludes halogenated alkanes) is 1. The molecule has 1 rings (SSSR count). The van der Waals surface area contributed by atoms with E-state index in [2.05, 4.69) is 10.6 Å². The Labute approximate surface area is 113 Å². The molecule has 0 aliphatic heterocycles. The van der Waals surface area contributed by atoms with Crippen LogP contribution in [-0.2, 0) is 4.79 Å². The fourth-order valence-electron chi connectivity index (χ4n) is 1.62. The van der Waals surface area contributed by atoms with Gasteiger partial charge in [-0.05, 0) is 38.0 Å². The minimum atomic E-state index is -0.154. The van der Waals surface area contributed by atoms with Gasteiger partial charge >= 0.3 is 0 Å². The van der Waals surface area contributed by atoms with E-state index in [1.54, 1.807) is 24.3 Å². The van der Waals surface area contributed by atoms with Crippen molar-refractivity contribution in [1.82, 2.24) is 5.32 Å². The quantitative estimate of drug-likeness (QED) is 0.654. The summed E-state index contributed by atoms with van der Waals surface area (Å²) in [5, 5.41) is 14.1. The molecule has 0 aromatic heterocycles. The van der Waals surface area contributed by atoms with Crippen LogP contribution in [0.5, 0.6) is 0 Å². The summed E-state index contributed by atoms with van der Waals surface area (Å²) in [4.78, 5) is 23.2. The highest BCUT2D eigenvalue weighted by molar-refractivity contribution is 5.97. The van der Waals surface area contributed by atoms with Crippen molar-refractivity contribution in [2.45, 2.75) is 26.2 Å². The van der Waals surface area contributed by atoms with E-state index in [0.29, 0.717) is 37.1 Å². The molecule has 0 bridgehead atoms. The number of amides is 2. The van der Waals surface area contributed by atoms with Gasteiger partial charge in [-0.2, -0.15) is 0 Å². The summed E-state index contributed by atoms with van der Waals surface area (Å²) in [6.45, 7) is 2.52. The molecule has 3 N–H and O–H groups in total. The molecule has 0 saturated heterocycles. The molecular weight excluding hydrogens is 244 g/mol. The predicted octanol–water partition coefficient (Wildman–Crippen LogP) is 1.54. The van der Waals surface area contributed by atoms with Crippen LogP contribution in [0.4, 0.5) is 5.69 Å². The van der Waals surface area contributed by atoms with E-state index in [-0.39, 0.29) is 18.4 Å². The van der Waals surface area contributed by atoms with E-state index in [1.165, 1.54) is 0 Å². The average molecular weight is 264 g/mol. The number of aliphatic hydroxyl groups excluding tert-OH is 1. The van der Waals surface area contributed by atoms with Crippen LogP contribution in [0.25, 0.3) is 0 Å². The summed E-state index contributed by atoms with van der Waals surface area (Å²) < 4.78 is 0. The zero-order valence-corrected chi connectivity index (χ0v) is 11.1. The van der Waals surface area contributed by atoms with E-state index in [4.69, 9.17) is 5.11 Å². The van der Waals surface area contributed by atoms with Gasteiger partial charge in [0.2, 0.25) is 5.91 Å². The molecule has 1 aromatic rings. The number of rotatable bonds is 7. The first kappa shape index (κ1) is 15.2. The molecule has 0 radical (unpaired) electrons. The van der Waals surface area contributed by atoms with Crippen molar-refractivity contribution in [3.8, 4) is 0 Å². The second kappa shape index (κ2) is 8.26. The van der Waals surface area contributed by atoms with Crippen LogP contribution in [-0.4, -0.2) is 30.1 Å². The van der Waals surface area contributed by atoms with E-state index >= 15 is 0 Å². The predicted molar refractivity (Wildman–Crippen MR) is 74.0 cm³/mol. The Morgan fingerprint density at radius 2 is 2.05 bits per heavy atom. The normalized spacial score (nSPS) is 10.0. The second-order valence-electron chi connectivity index (χ2n) is 4.17. The third kappa shape index (κ3) is 5.52. The Balaban J connectivity index is 2.56. The third-order valence-corrected chi connectivity index (χ3v) is 2.56. The third-order valence-electron chi connectivity index (χ3n) is 2.56. The molecule has 0 atom stereocenters. The van der Waals surface area contributed by atoms with E-state index < -0.39 is 0 Å². The number of anilines is 1. The molecule has 5 nitrogen and oxygen atoms in total. The number of aliphatic hydroxyl groups is 1. The number of carbonyl (C=O) groups is 2. The molecular formula is C14H20N2O3. The van der Waals surface area contributed by atoms with Gasteiger partial charge in [-0.1, -0.05) is 6.07 Å². The van der Waals surface area contributed by atoms with Crippen molar-refractivity contribution in [2.24, 2.45) is 0 Å². The summed E-state index contributed by atoms with van der Waals surface area (Å²) in [5.74, 6) is -0.264. The van der Waals surface area contributed by atoms with Gasteiger partial charge in [-0.15, -0.1) is 0 Å². The topological polar surface area (TPSA) is 78.4 Å². The lowest BCUT2D eigenvalue weighted by atomic mass is 10.1. The van der Waals surface area contributed by atoms with Crippen LogP contribution < -0.4 is 10.6 Å². The SMILES string of the molecule is CCNC(=O)c1cccc(NC(=O)CCCCO)c1. The van der Waals surface area contributed by atoms with Crippen LogP contribution in [0.1, 0.15) is 36.5 Å². The summed E-state index contributed by atoms with van der Waals surface area (Å²) in [7, 11) is 0. The lowest BCUT2D eigenvalue weighted by Crippen LogP contribution is -2.22. The van der Waals surface area contributed by atoms with Crippen molar-refractivity contribution in [1.29, 1.82) is 0 Å². The fourth-order valence-corrected chi connectivity index (χ4v) is 1.62. The van der Waals surface area contributed by atoms with Gasteiger partial charge in [0.1, 0.15) is 0 Å². The Bertz CT molecular complexity index is 432. The van der Waals surface area contributed by atoms with Gasteiger partial charge in [-0.3, -0.25) is 9.59 Å². The first-order valence-corrected chi connectivity index (χ1v) is 6.46. The zero-order chi connectivity index (χ0) is 14.1. The molecule has 0 aliphatic rings. The second-order valence-corrected chi connectivity index (χ2v) is 4.17. The monoisotopic (exact) mass is 264 g/mol. The molecule has 1 aromatic carbocycles. The average Bonchev–Trinajstić information content (AvgIpc) is 2.39. The van der Waals surface area contributed by atoms with Crippen LogP contribution in [0, 0.1) is 0 Å². The molecule has 0 heterocycles. The van der Waals surface area contributed by atoms with Gasteiger partial charge in [0.05, 0.1) is 0 Å². The van der Waals surface area contributed by atoms with Gasteiger partial charge in [0.15, 0.2) is 0 Å². The van der Waals surface area contributed by atoms with Crippen molar-refractivity contribution >= 4 is 17.5 Å². The van der Waals surface area contributed by atoms with Gasteiger partial charge in [0, 0.05) is 30.8 Å². The zero-order valence-electron chi connectivity index (χ0n) is 11.1. The minimum absolute atomic E-state index is 0.0972. The smallest absolute Gasteiger partial charge is 0.251 e. The molecule has 104 valence electrons. The van der Waals surface area contributed by atoms with Crippen molar-refractivity contribution < 1.29 is 14.7 Å². The Morgan fingerprint density at radius 1 is 1.26 bits per heavy atom. The Hall–Kier alpha value is -1.88. The molecule has 2 amide bonds. The first-order valence-electron chi connectivity index (χ1n) is 6.46. The molecule has 0 unspecified atom stereocenters. The summed E-state index contributed by atoms with van der Waals surface area (Å²) in [6, 6.07) is 6.82. The molecule has 19 heavy (non-hydrogen) atoms. The van der Waals surface area contributed by atoms with E-state index in [9.17, 15) is 9.59 Å². The van der Waals surface area contributed by atoms with Crippen LogP contribution >= 0.6 is 0 Å². The number of carbonyl (C=O) groups excluding carboxylic acids is 2. The summed E-state index contributed by atoms with van der Waals surface area (Å²) >= 11 is 0. The number of hydrogen-bond donors (Lipinski definition) is 3. The molecule has 5 heteroatoms. The Morgan fingerprint density at radius 3 is 2.74 bits per heavy atom. The van der Waals surface area contributed by atoms with Crippen molar-refractivity contribution in [3.05, 3.63) is 29.8 Å². The van der Waals surface area contributed by atoms with Crippen LogP contribution in [0.3, 0.4) is 0 Å². The highest BCUT2D eigenvalue weighted by Gasteiger charge is 2.06. The number of nitrogens with one attached hydrogen (secondary N) is 2. The lowest BCUT2D eigenvalue weighted by molar-refractivity contribution is -0.116. The molecule has 0 spiro atoms. The van der Waals surface area contributed by atoms with Crippen LogP contribution in [0.15, 0.2) is 24.3 Å². The number of hydrogen-bond acceptors (Lipinski definition) is 3. The highest BCUT2D eigenvalue weighted by atomic mass is 16.3. The number of benzene rings is 1. The maximum absolute atomic E-state index is 11.6. The Kier molecular flexibility index (Phi) is 6.60. The van der Waals surface area contributed by atoms with Gasteiger partial charge < -0.3 is 15.7 Å². The van der Waals surface area contributed by atoms with E-state index in [0.717, 1.165) is 0 Å². The van der Waals surface area contributed by atoms with Gasteiger partial charge in [0.25, 0.3) is 5.91 Å². The maximum Gasteiger partial charge on any atom is 0.251 e. The first-order chi connectivity index (χ1) is 9.17. The van der Waals surface area contributed by atoms with E-state index in [1.807, 2.05) is 6.92 Å². The molecule has 0 saturated carbocycles. The minimum Gasteiger partial charge on any atom is -0.396 e. The molecule has 0 fully saturated rings. The van der Waals surface area contributed by atoms with Crippen molar-refractivity contribution in [2.75, 3.05) is 18.5 Å². The largest absolute Gasteiger partial charge is 0.396 e. The summed E-state index contributed by atoms with van der Waals surface area (Å²) in [6.07, 6.45) is 1.64. The highest BCUT2D eigenvalue weighted by Crippen LogP contribution is 2.11. The van der Waals surface area contributed by atoms with Gasteiger partial charge in [-0.25, -0.2) is 0 Å².